The van der Waals surface area contributed by atoms with Gasteiger partial charge in [0, 0.05) is 5.92 Å². The van der Waals surface area contributed by atoms with Crippen LogP contribution >= 0.6 is 0 Å². The number of hydrogen-bond donors (Lipinski definition) is 2. The first-order valence-corrected chi connectivity index (χ1v) is 6.67. The minimum Gasteiger partial charge on any atom is -0.389 e. The van der Waals surface area contributed by atoms with Crippen molar-refractivity contribution in [3.63, 3.8) is 0 Å². The molecular formula is C15H24O4. The monoisotopic (exact) mass is 268 g/mol. The Bertz CT molecular complexity index is 382. The first-order chi connectivity index (χ1) is 8.76. The highest BCUT2D eigenvalue weighted by Crippen LogP contribution is 2.29. The Morgan fingerprint density at radius 3 is 2.79 bits per heavy atom. The molecule has 0 aromatic carbocycles. The molecule has 0 aromatic rings. The summed E-state index contributed by atoms with van der Waals surface area (Å²) in [6.45, 7) is 7.27. The SMILES string of the molecule is CC1=CC(=O)C(C(C)C/C=C/C(C)(C)OO)CC1O. The van der Waals surface area contributed by atoms with Crippen molar-refractivity contribution in [1.82, 2.24) is 0 Å². The molecule has 1 rings (SSSR count). The normalized spacial score (nSPS) is 26.6. The summed E-state index contributed by atoms with van der Waals surface area (Å²) in [4.78, 5) is 16.2. The summed E-state index contributed by atoms with van der Waals surface area (Å²) in [5, 5.41) is 18.5. The van der Waals surface area contributed by atoms with Crippen LogP contribution in [0.15, 0.2) is 23.8 Å². The molecule has 0 aromatic heterocycles. The highest BCUT2D eigenvalue weighted by Gasteiger charge is 2.30. The third-order valence-electron chi connectivity index (χ3n) is 3.69. The lowest BCUT2D eigenvalue weighted by Crippen LogP contribution is -2.30. The largest absolute Gasteiger partial charge is 0.389 e. The van der Waals surface area contributed by atoms with Gasteiger partial charge in [0.2, 0.25) is 0 Å². The van der Waals surface area contributed by atoms with E-state index in [2.05, 4.69) is 4.89 Å². The maximum Gasteiger partial charge on any atom is 0.159 e. The summed E-state index contributed by atoms with van der Waals surface area (Å²) in [5.74, 6) is 0.111. The van der Waals surface area contributed by atoms with Crippen LogP contribution in [0, 0.1) is 11.8 Å². The number of ketones is 1. The average molecular weight is 268 g/mol. The third kappa shape index (κ3) is 4.56. The number of carbonyl (C=O) groups is 1. The molecule has 4 heteroatoms. The van der Waals surface area contributed by atoms with Crippen LogP contribution in [0.3, 0.4) is 0 Å². The van der Waals surface area contributed by atoms with Gasteiger partial charge in [0.25, 0.3) is 0 Å². The van der Waals surface area contributed by atoms with Crippen molar-refractivity contribution >= 4 is 5.78 Å². The van der Waals surface area contributed by atoms with Crippen molar-refractivity contribution in [2.75, 3.05) is 0 Å². The fraction of sp³-hybridized carbons (Fsp3) is 0.667. The smallest absolute Gasteiger partial charge is 0.159 e. The predicted molar refractivity (Wildman–Crippen MR) is 73.6 cm³/mol. The first-order valence-electron chi connectivity index (χ1n) is 6.67. The van der Waals surface area contributed by atoms with E-state index in [-0.39, 0.29) is 17.6 Å². The number of aliphatic hydroxyl groups is 1. The van der Waals surface area contributed by atoms with Crippen molar-refractivity contribution in [2.45, 2.75) is 52.2 Å². The van der Waals surface area contributed by atoms with Gasteiger partial charge in [0.1, 0.15) is 5.60 Å². The van der Waals surface area contributed by atoms with Crippen molar-refractivity contribution in [1.29, 1.82) is 0 Å². The molecule has 0 spiro atoms. The van der Waals surface area contributed by atoms with Crippen LogP contribution in [-0.2, 0) is 9.68 Å². The molecule has 0 saturated carbocycles. The Labute approximate surface area is 114 Å². The number of rotatable bonds is 5. The Morgan fingerprint density at radius 1 is 1.58 bits per heavy atom. The molecule has 3 atom stereocenters. The molecule has 0 saturated heterocycles. The van der Waals surface area contributed by atoms with Crippen LogP contribution < -0.4 is 0 Å². The molecule has 108 valence electrons. The fourth-order valence-corrected chi connectivity index (χ4v) is 2.24. The van der Waals surface area contributed by atoms with Gasteiger partial charge in [-0.1, -0.05) is 19.1 Å². The van der Waals surface area contributed by atoms with E-state index in [0.29, 0.717) is 12.8 Å². The lowest BCUT2D eigenvalue weighted by Gasteiger charge is -2.28. The molecule has 1 aliphatic rings. The standard InChI is InChI=1S/C15H24O4/c1-10(6-5-7-15(3,4)19-18)12-9-13(16)11(2)8-14(12)17/h5,7-8,10,12-13,16,18H,6,9H2,1-4H3/b7-5+. The van der Waals surface area contributed by atoms with Crippen molar-refractivity contribution in [2.24, 2.45) is 11.8 Å². The topological polar surface area (TPSA) is 66.8 Å². The van der Waals surface area contributed by atoms with Crippen molar-refractivity contribution < 1.29 is 20.0 Å². The molecule has 0 radical (unpaired) electrons. The van der Waals surface area contributed by atoms with Gasteiger partial charge in [0.05, 0.1) is 6.10 Å². The summed E-state index contributed by atoms with van der Waals surface area (Å²) < 4.78 is 0. The Morgan fingerprint density at radius 2 is 2.21 bits per heavy atom. The highest BCUT2D eigenvalue weighted by atomic mass is 17.1. The Hall–Kier alpha value is -0.970. The van der Waals surface area contributed by atoms with Gasteiger partial charge in [-0.25, -0.2) is 4.89 Å². The van der Waals surface area contributed by atoms with Crippen molar-refractivity contribution in [3.05, 3.63) is 23.8 Å². The van der Waals surface area contributed by atoms with Gasteiger partial charge in [-0.2, -0.15) is 0 Å². The Kier molecular flexibility index (Phi) is 5.47. The molecule has 0 aliphatic heterocycles. The van der Waals surface area contributed by atoms with Crippen LogP contribution in [0.5, 0.6) is 0 Å². The molecule has 0 fully saturated rings. The second-order valence-electron chi connectivity index (χ2n) is 5.96. The number of hydrogen-bond acceptors (Lipinski definition) is 4. The molecule has 1 aliphatic carbocycles. The van der Waals surface area contributed by atoms with E-state index < -0.39 is 11.7 Å². The lowest BCUT2D eigenvalue weighted by molar-refractivity contribution is -0.297. The van der Waals surface area contributed by atoms with E-state index in [4.69, 9.17) is 5.26 Å². The number of allylic oxidation sites excluding steroid dienone is 2. The van der Waals surface area contributed by atoms with Gasteiger partial charge < -0.3 is 5.11 Å². The maximum absolute atomic E-state index is 11.9. The molecule has 2 N–H and O–H groups in total. The van der Waals surface area contributed by atoms with Crippen LogP contribution in [0.25, 0.3) is 0 Å². The molecule has 3 unspecified atom stereocenters. The molecule has 0 bridgehead atoms. The Balaban J connectivity index is 2.60. The zero-order valence-corrected chi connectivity index (χ0v) is 12.1. The summed E-state index contributed by atoms with van der Waals surface area (Å²) in [7, 11) is 0. The van der Waals surface area contributed by atoms with Crippen LogP contribution in [0.4, 0.5) is 0 Å². The van der Waals surface area contributed by atoms with Gasteiger partial charge >= 0.3 is 0 Å². The summed E-state index contributed by atoms with van der Waals surface area (Å²) in [6.07, 6.45) is 5.94. The highest BCUT2D eigenvalue weighted by molar-refractivity contribution is 5.93. The summed E-state index contributed by atoms with van der Waals surface area (Å²) in [6, 6.07) is 0. The molecule has 19 heavy (non-hydrogen) atoms. The molecule has 0 amide bonds. The molecular weight excluding hydrogens is 244 g/mol. The van der Waals surface area contributed by atoms with Gasteiger partial charge in [-0.15, -0.1) is 0 Å². The van der Waals surface area contributed by atoms with Gasteiger partial charge in [0.15, 0.2) is 5.78 Å². The van der Waals surface area contributed by atoms with Crippen LogP contribution in [0.2, 0.25) is 0 Å². The van der Waals surface area contributed by atoms with E-state index in [0.717, 1.165) is 5.57 Å². The van der Waals surface area contributed by atoms with E-state index >= 15 is 0 Å². The van der Waals surface area contributed by atoms with E-state index in [1.165, 1.54) is 0 Å². The lowest BCUT2D eigenvalue weighted by atomic mass is 9.78. The number of aliphatic hydroxyl groups excluding tert-OH is 1. The van der Waals surface area contributed by atoms with Gasteiger partial charge in [-0.3, -0.25) is 10.1 Å². The third-order valence-corrected chi connectivity index (χ3v) is 3.69. The second kappa shape index (κ2) is 6.46. The minimum absolute atomic E-state index is 0.0985. The maximum atomic E-state index is 11.9. The minimum atomic E-state index is -0.716. The first kappa shape index (κ1) is 16.1. The summed E-state index contributed by atoms with van der Waals surface area (Å²) in [5.41, 5.74) is 0.0329. The van der Waals surface area contributed by atoms with Gasteiger partial charge in [-0.05, 0) is 51.2 Å². The summed E-state index contributed by atoms with van der Waals surface area (Å²) >= 11 is 0. The van der Waals surface area contributed by atoms with E-state index in [9.17, 15) is 9.90 Å². The number of carbonyl (C=O) groups excluding carboxylic acids is 1. The van der Waals surface area contributed by atoms with E-state index in [1.54, 1.807) is 32.9 Å². The zero-order chi connectivity index (χ0) is 14.6. The van der Waals surface area contributed by atoms with E-state index in [1.807, 2.05) is 13.0 Å². The van der Waals surface area contributed by atoms with Crippen LogP contribution in [-0.4, -0.2) is 27.9 Å². The molecule has 4 nitrogen and oxygen atoms in total. The molecule has 0 heterocycles. The predicted octanol–water partition coefficient (Wildman–Crippen LogP) is 2.73. The van der Waals surface area contributed by atoms with Crippen molar-refractivity contribution in [3.8, 4) is 0 Å². The van der Waals surface area contributed by atoms with Crippen LogP contribution in [0.1, 0.15) is 40.5 Å². The quantitative estimate of drug-likeness (QED) is 0.457. The fourth-order valence-electron chi connectivity index (χ4n) is 2.24. The average Bonchev–Trinajstić information content (AvgIpc) is 2.33. The zero-order valence-electron chi connectivity index (χ0n) is 12.1. The second-order valence-corrected chi connectivity index (χ2v) is 5.96.